The first kappa shape index (κ1) is 13.6. The molecule has 2 nitrogen and oxygen atoms in total. The predicted octanol–water partition coefficient (Wildman–Crippen LogP) is 4.52. The molecule has 0 saturated heterocycles. The van der Waals surface area contributed by atoms with Crippen molar-refractivity contribution in [2.24, 2.45) is 0 Å². The van der Waals surface area contributed by atoms with Crippen LogP contribution in [0.5, 0.6) is 5.75 Å². The quantitative estimate of drug-likeness (QED) is 0.505. The molecule has 0 bridgehead atoms. The van der Waals surface area contributed by atoms with Crippen molar-refractivity contribution < 1.29 is 4.74 Å². The highest BCUT2D eigenvalue weighted by Crippen LogP contribution is 2.33. The average molecular weight is 277 g/mol. The molecule has 0 spiro atoms. The van der Waals surface area contributed by atoms with Crippen LogP contribution in [0.4, 0.5) is 0 Å². The van der Waals surface area contributed by atoms with Gasteiger partial charge < -0.3 is 9.30 Å². The topological polar surface area (TPSA) is 14.2 Å². The van der Waals surface area contributed by atoms with Gasteiger partial charge in [-0.3, -0.25) is 0 Å². The van der Waals surface area contributed by atoms with Crippen LogP contribution in [0.2, 0.25) is 0 Å². The van der Waals surface area contributed by atoms with Crippen molar-refractivity contribution in [3.05, 3.63) is 42.0 Å². The second kappa shape index (κ2) is 5.54. The largest absolute Gasteiger partial charge is 0.497 e. The van der Waals surface area contributed by atoms with E-state index in [9.17, 15) is 0 Å². The van der Waals surface area contributed by atoms with E-state index in [-0.39, 0.29) is 0 Å². The molecular weight excluding hydrogens is 258 g/mol. The summed E-state index contributed by atoms with van der Waals surface area (Å²) in [4.78, 5) is 0. The lowest BCUT2D eigenvalue weighted by atomic mass is 10.1. The maximum atomic E-state index is 5.39. The number of hydrogen-bond donors (Lipinski definition) is 0. The number of aromatic nitrogens is 1. The van der Waals surface area contributed by atoms with Crippen LogP contribution in [0.25, 0.3) is 21.8 Å². The third-order valence-electron chi connectivity index (χ3n) is 4.00. The van der Waals surface area contributed by atoms with E-state index in [2.05, 4.69) is 47.7 Å². The molecule has 1 aromatic heterocycles. The molecule has 0 aliphatic rings. The minimum absolute atomic E-state index is 0.803. The number of nitrogens with zero attached hydrogens (tertiary/aromatic N) is 1. The van der Waals surface area contributed by atoms with Crippen LogP contribution < -0.4 is 4.74 Å². The SMILES string of the molecule is C#CCCCn1c2cc(OC)ccc2c2cccc(C)c21. The first-order valence-electron chi connectivity index (χ1n) is 7.25. The first-order valence-corrected chi connectivity index (χ1v) is 7.25. The number of unbranched alkanes of at least 4 members (excludes halogenated alkanes) is 1. The second-order valence-corrected chi connectivity index (χ2v) is 5.31. The van der Waals surface area contributed by atoms with Crippen LogP contribution in [-0.4, -0.2) is 11.7 Å². The van der Waals surface area contributed by atoms with Crippen LogP contribution in [-0.2, 0) is 6.54 Å². The first-order chi connectivity index (χ1) is 10.3. The van der Waals surface area contributed by atoms with E-state index in [0.29, 0.717) is 0 Å². The third kappa shape index (κ3) is 2.25. The lowest BCUT2D eigenvalue weighted by Crippen LogP contribution is -1.98. The molecule has 0 saturated carbocycles. The molecule has 2 heteroatoms. The van der Waals surface area contributed by atoms with Crippen LogP contribution in [0.1, 0.15) is 18.4 Å². The molecule has 0 radical (unpaired) electrons. The van der Waals surface area contributed by atoms with Gasteiger partial charge in [0.05, 0.1) is 18.1 Å². The Morgan fingerprint density at radius 3 is 2.81 bits per heavy atom. The molecule has 0 unspecified atom stereocenters. The highest BCUT2D eigenvalue weighted by atomic mass is 16.5. The predicted molar refractivity (Wildman–Crippen MR) is 88.8 cm³/mol. The Morgan fingerprint density at radius 1 is 1.19 bits per heavy atom. The van der Waals surface area contributed by atoms with E-state index in [4.69, 9.17) is 11.2 Å². The van der Waals surface area contributed by atoms with E-state index in [0.717, 1.165) is 25.1 Å². The number of ether oxygens (including phenoxy) is 1. The van der Waals surface area contributed by atoms with Crippen molar-refractivity contribution in [2.75, 3.05) is 7.11 Å². The molecule has 0 aliphatic heterocycles. The summed E-state index contributed by atoms with van der Waals surface area (Å²) in [6.07, 6.45) is 7.18. The van der Waals surface area contributed by atoms with Gasteiger partial charge in [-0.1, -0.05) is 18.2 Å². The molecule has 0 amide bonds. The Bertz CT molecular complexity index is 836. The van der Waals surface area contributed by atoms with Gasteiger partial charge in [0.25, 0.3) is 0 Å². The fourth-order valence-corrected chi connectivity index (χ4v) is 3.02. The molecule has 3 rings (SSSR count). The fraction of sp³-hybridized carbons (Fsp3) is 0.263. The zero-order valence-corrected chi connectivity index (χ0v) is 12.5. The third-order valence-corrected chi connectivity index (χ3v) is 4.00. The van der Waals surface area contributed by atoms with Gasteiger partial charge in [0.15, 0.2) is 0 Å². The van der Waals surface area contributed by atoms with Crippen molar-refractivity contribution in [1.29, 1.82) is 0 Å². The number of para-hydroxylation sites is 1. The summed E-state index contributed by atoms with van der Waals surface area (Å²) in [6, 6.07) is 12.8. The highest BCUT2D eigenvalue weighted by Gasteiger charge is 2.12. The van der Waals surface area contributed by atoms with Gasteiger partial charge in [0, 0.05) is 29.8 Å². The Balaban J connectivity index is 2.29. The van der Waals surface area contributed by atoms with Gasteiger partial charge in [0.2, 0.25) is 0 Å². The minimum Gasteiger partial charge on any atom is -0.497 e. The number of methoxy groups -OCH3 is 1. The number of benzene rings is 2. The zero-order chi connectivity index (χ0) is 14.8. The standard InChI is InChI=1S/C19H19NO/c1-4-5-6-12-20-18-13-15(21-3)10-11-16(18)17-9-7-8-14(2)19(17)20/h1,7-11,13H,5-6,12H2,2-3H3. The molecule has 106 valence electrons. The number of aryl methyl sites for hydroxylation is 2. The number of rotatable bonds is 4. The number of terminal acetylenes is 1. The van der Waals surface area contributed by atoms with E-state index < -0.39 is 0 Å². The van der Waals surface area contributed by atoms with Crippen LogP contribution in [0.15, 0.2) is 36.4 Å². The van der Waals surface area contributed by atoms with Gasteiger partial charge in [0.1, 0.15) is 5.75 Å². The normalized spacial score (nSPS) is 10.9. The Hall–Kier alpha value is -2.40. The monoisotopic (exact) mass is 277 g/mol. The van der Waals surface area contributed by atoms with Crippen molar-refractivity contribution in [3.63, 3.8) is 0 Å². The van der Waals surface area contributed by atoms with E-state index in [1.807, 2.05) is 6.07 Å². The maximum Gasteiger partial charge on any atom is 0.120 e. The summed E-state index contributed by atoms with van der Waals surface area (Å²) < 4.78 is 7.76. The van der Waals surface area contributed by atoms with Crippen molar-refractivity contribution in [1.82, 2.24) is 4.57 Å². The maximum absolute atomic E-state index is 5.39. The molecule has 2 aromatic carbocycles. The van der Waals surface area contributed by atoms with Crippen molar-refractivity contribution >= 4 is 21.8 Å². The summed E-state index contributed by atoms with van der Waals surface area (Å²) in [5.41, 5.74) is 3.82. The van der Waals surface area contributed by atoms with Gasteiger partial charge in [-0.05, 0) is 31.0 Å². The van der Waals surface area contributed by atoms with Gasteiger partial charge in [-0.2, -0.15) is 0 Å². The van der Waals surface area contributed by atoms with Crippen molar-refractivity contribution in [2.45, 2.75) is 26.3 Å². The molecule has 21 heavy (non-hydrogen) atoms. The highest BCUT2D eigenvalue weighted by molar-refractivity contribution is 6.09. The number of hydrogen-bond acceptors (Lipinski definition) is 1. The molecule has 3 aromatic rings. The Kier molecular flexibility index (Phi) is 3.58. The Labute approximate surface area is 125 Å². The summed E-state index contributed by atoms with van der Waals surface area (Å²) in [7, 11) is 1.71. The molecular formula is C19H19NO. The molecule has 0 fully saturated rings. The Morgan fingerprint density at radius 2 is 2.05 bits per heavy atom. The molecule has 0 atom stereocenters. The minimum atomic E-state index is 0.803. The fourth-order valence-electron chi connectivity index (χ4n) is 3.02. The molecule has 1 heterocycles. The van der Waals surface area contributed by atoms with E-state index in [1.54, 1.807) is 7.11 Å². The van der Waals surface area contributed by atoms with E-state index >= 15 is 0 Å². The van der Waals surface area contributed by atoms with Crippen LogP contribution in [0, 0.1) is 19.3 Å². The lowest BCUT2D eigenvalue weighted by Gasteiger charge is -2.08. The van der Waals surface area contributed by atoms with Crippen LogP contribution in [0.3, 0.4) is 0 Å². The average Bonchev–Trinajstić information content (AvgIpc) is 2.82. The van der Waals surface area contributed by atoms with Crippen molar-refractivity contribution in [3.8, 4) is 18.1 Å². The number of fused-ring (bicyclic) bond motifs is 3. The zero-order valence-electron chi connectivity index (χ0n) is 12.5. The van der Waals surface area contributed by atoms with Crippen LogP contribution >= 0.6 is 0 Å². The summed E-state index contributed by atoms with van der Waals surface area (Å²) >= 11 is 0. The van der Waals surface area contributed by atoms with Gasteiger partial charge in [-0.25, -0.2) is 0 Å². The molecule has 0 aliphatic carbocycles. The molecule has 0 N–H and O–H groups in total. The van der Waals surface area contributed by atoms with E-state index in [1.165, 1.54) is 27.4 Å². The second-order valence-electron chi connectivity index (χ2n) is 5.31. The summed E-state index contributed by atoms with van der Waals surface area (Å²) in [6.45, 7) is 3.10. The summed E-state index contributed by atoms with van der Waals surface area (Å²) in [5, 5.41) is 2.57. The van der Waals surface area contributed by atoms with Gasteiger partial charge >= 0.3 is 0 Å². The summed E-state index contributed by atoms with van der Waals surface area (Å²) in [5.74, 6) is 3.62. The lowest BCUT2D eigenvalue weighted by molar-refractivity contribution is 0.415. The van der Waals surface area contributed by atoms with Gasteiger partial charge in [-0.15, -0.1) is 12.3 Å². The smallest absolute Gasteiger partial charge is 0.120 e.